The molecule has 0 aliphatic rings. The molecule has 0 radical (unpaired) electrons. The van der Waals surface area contributed by atoms with Crippen LogP contribution >= 0.6 is 0 Å². The molecule has 0 saturated carbocycles. The van der Waals surface area contributed by atoms with Gasteiger partial charge in [0.05, 0.1) is 0 Å². The zero-order valence-electron chi connectivity index (χ0n) is 17.3. The van der Waals surface area contributed by atoms with Gasteiger partial charge < -0.3 is 10.4 Å². The quantitative estimate of drug-likeness (QED) is 0.250. The van der Waals surface area contributed by atoms with E-state index in [1.807, 2.05) is 13.8 Å². The molecular formula is C22H41NO3. The number of amides is 1. The van der Waals surface area contributed by atoms with Gasteiger partial charge in [0.15, 0.2) is 0 Å². The summed E-state index contributed by atoms with van der Waals surface area (Å²) in [4.78, 5) is 23.1. The fourth-order valence-electron chi connectivity index (χ4n) is 2.93. The van der Waals surface area contributed by atoms with Crippen LogP contribution in [0.15, 0.2) is 12.2 Å². The van der Waals surface area contributed by atoms with Gasteiger partial charge in [-0.3, -0.25) is 4.79 Å². The highest BCUT2D eigenvalue weighted by Crippen LogP contribution is 2.11. The lowest BCUT2D eigenvalue weighted by Gasteiger charge is -2.20. The Morgan fingerprint density at radius 2 is 1.42 bits per heavy atom. The lowest BCUT2D eigenvalue weighted by atomic mass is 9.99. The van der Waals surface area contributed by atoms with E-state index in [0.29, 0.717) is 6.42 Å². The van der Waals surface area contributed by atoms with E-state index in [0.717, 1.165) is 32.1 Å². The summed E-state index contributed by atoms with van der Waals surface area (Å²) in [6.07, 6.45) is 18.9. The van der Waals surface area contributed by atoms with Crippen molar-refractivity contribution >= 4 is 11.9 Å². The fourth-order valence-corrected chi connectivity index (χ4v) is 2.93. The van der Waals surface area contributed by atoms with Crippen LogP contribution in [-0.4, -0.2) is 23.0 Å². The maximum atomic E-state index is 11.9. The number of allylic oxidation sites excluding steroid dienone is 2. The van der Waals surface area contributed by atoms with Crippen molar-refractivity contribution in [3.05, 3.63) is 12.2 Å². The molecule has 0 aliphatic carbocycles. The van der Waals surface area contributed by atoms with Crippen molar-refractivity contribution in [2.75, 3.05) is 0 Å². The highest BCUT2D eigenvalue weighted by atomic mass is 16.4. The summed E-state index contributed by atoms with van der Waals surface area (Å²) in [5.74, 6) is -1.12. The summed E-state index contributed by atoms with van der Waals surface area (Å²) in [5.41, 5.74) is 0. The van der Waals surface area contributed by atoms with Crippen molar-refractivity contribution in [2.24, 2.45) is 5.92 Å². The third-order valence-corrected chi connectivity index (χ3v) is 4.96. The molecule has 2 N–H and O–H groups in total. The van der Waals surface area contributed by atoms with Crippen LogP contribution < -0.4 is 5.32 Å². The number of nitrogens with one attached hydrogen (secondary N) is 1. The van der Waals surface area contributed by atoms with E-state index in [2.05, 4.69) is 24.4 Å². The van der Waals surface area contributed by atoms with Crippen molar-refractivity contribution in [2.45, 2.75) is 110 Å². The molecule has 0 aromatic carbocycles. The molecule has 152 valence electrons. The number of carbonyl (C=O) groups is 2. The number of hydrogen-bond donors (Lipinski definition) is 2. The summed E-state index contributed by atoms with van der Waals surface area (Å²) in [6, 6.07) is -0.763. The van der Waals surface area contributed by atoms with Gasteiger partial charge in [0.1, 0.15) is 6.04 Å². The lowest BCUT2D eigenvalue weighted by Crippen LogP contribution is -2.44. The molecule has 0 bridgehead atoms. The Labute approximate surface area is 160 Å². The predicted octanol–water partition coefficient (Wildman–Crippen LogP) is 5.86. The van der Waals surface area contributed by atoms with E-state index < -0.39 is 12.0 Å². The second-order valence-corrected chi connectivity index (χ2v) is 7.40. The Balaban J connectivity index is 3.58. The first-order valence-corrected chi connectivity index (χ1v) is 10.7. The Morgan fingerprint density at radius 1 is 0.885 bits per heavy atom. The number of carboxylic acids is 1. The van der Waals surface area contributed by atoms with Gasteiger partial charge in [-0.25, -0.2) is 4.79 Å². The van der Waals surface area contributed by atoms with Gasteiger partial charge in [-0.1, -0.05) is 77.9 Å². The Hall–Kier alpha value is -1.32. The molecule has 2 unspecified atom stereocenters. The zero-order chi connectivity index (χ0) is 19.6. The van der Waals surface area contributed by atoms with Gasteiger partial charge in [0, 0.05) is 6.42 Å². The van der Waals surface area contributed by atoms with Gasteiger partial charge in [0.2, 0.25) is 5.91 Å². The molecule has 0 spiro atoms. The Bertz CT molecular complexity index is 393. The van der Waals surface area contributed by atoms with Crippen LogP contribution in [0.25, 0.3) is 0 Å². The Kier molecular flexibility index (Phi) is 16.2. The van der Waals surface area contributed by atoms with Gasteiger partial charge in [-0.15, -0.1) is 0 Å². The first-order valence-electron chi connectivity index (χ1n) is 10.7. The fraction of sp³-hybridized carbons (Fsp3) is 0.818. The smallest absolute Gasteiger partial charge is 0.326 e. The van der Waals surface area contributed by atoms with E-state index in [-0.39, 0.29) is 11.8 Å². The van der Waals surface area contributed by atoms with Crippen molar-refractivity contribution in [1.82, 2.24) is 5.32 Å². The Morgan fingerprint density at radius 3 is 1.96 bits per heavy atom. The maximum absolute atomic E-state index is 11.9. The first-order chi connectivity index (χ1) is 12.5. The number of carboxylic acid groups (broad SMARTS) is 1. The molecule has 0 aromatic heterocycles. The lowest BCUT2D eigenvalue weighted by molar-refractivity contribution is -0.143. The molecule has 0 fully saturated rings. The highest BCUT2D eigenvalue weighted by Gasteiger charge is 2.24. The second kappa shape index (κ2) is 17.1. The minimum absolute atomic E-state index is 0.0452. The molecule has 1 amide bonds. The molecule has 26 heavy (non-hydrogen) atoms. The first kappa shape index (κ1) is 24.7. The van der Waals surface area contributed by atoms with Crippen molar-refractivity contribution in [3.8, 4) is 0 Å². The summed E-state index contributed by atoms with van der Waals surface area (Å²) < 4.78 is 0. The third kappa shape index (κ3) is 13.9. The SMILES string of the molecule is CCCCCCC=CCCCCCCCC(=O)NC(C(=O)O)C(C)CC. The number of carbonyl (C=O) groups excluding carboxylic acids is 1. The summed E-state index contributed by atoms with van der Waals surface area (Å²) in [5, 5.41) is 11.9. The van der Waals surface area contributed by atoms with Gasteiger partial charge in [-0.2, -0.15) is 0 Å². The van der Waals surface area contributed by atoms with Gasteiger partial charge >= 0.3 is 5.97 Å². The van der Waals surface area contributed by atoms with Crippen LogP contribution in [0.4, 0.5) is 0 Å². The third-order valence-electron chi connectivity index (χ3n) is 4.96. The molecular weight excluding hydrogens is 326 g/mol. The van der Waals surface area contributed by atoms with Crippen molar-refractivity contribution in [1.29, 1.82) is 0 Å². The normalized spacial score (nSPS) is 13.7. The molecule has 0 saturated heterocycles. The number of hydrogen-bond acceptors (Lipinski definition) is 2. The molecule has 0 aliphatic heterocycles. The minimum Gasteiger partial charge on any atom is -0.480 e. The van der Waals surface area contributed by atoms with Gasteiger partial charge in [-0.05, 0) is 38.0 Å². The van der Waals surface area contributed by atoms with E-state index in [1.54, 1.807) is 0 Å². The minimum atomic E-state index is -0.939. The van der Waals surface area contributed by atoms with Crippen LogP contribution in [0.5, 0.6) is 0 Å². The van der Waals surface area contributed by atoms with Crippen molar-refractivity contribution < 1.29 is 14.7 Å². The highest BCUT2D eigenvalue weighted by molar-refractivity contribution is 5.83. The summed E-state index contributed by atoms with van der Waals surface area (Å²) in [7, 11) is 0. The largest absolute Gasteiger partial charge is 0.480 e. The van der Waals surface area contributed by atoms with Crippen molar-refractivity contribution in [3.63, 3.8) is 0 Å². The summed E-state index contributed by atoms with van der Waals surface area (Å²) >= 11 is 0. The van der Waals surface area contributed by atoms with Crippen LogP contribution in [0.1, 0.15) is 104 Å². The molecule has 0 rings (SSSR count). The monoisotopic (exact) mass is 367 g/mol. The molecule has 0 aromatic rings. The standard InChI is InChI=1S/C22H41NO3/c1-4-6-7-8-9-10-11-12-13-14-15-16-17-18-20(24)23-21(22(25)26)19(3)5-2/h10-11,19,21H,4-9,12-18H2,1-3H3,(H,23,24)(H,25,26). The summed E-state index contributed by atoms with van der Waals surface area (Å²) in [6.45, 7) is 6.04. The number of rotatable bonds is 17. The average Bonchev–Trinajstić information content (AvgIpc) is 2.62. The van der Waals surface area contributed by atoms with Crippen LogP contribution in [0, 0.1) is 5.92 Å². The van der Waals surface area contributed by atoms with Crippen LogP contribution in [0.3, 0.4) is 0 Å². The molecule has 2 atom stereocenters. The van der Waals surface area contributed by atoms with E-state index in [9.17, 15) is 14.7 Å². The van der Waals surface area contributed by atoms with Crippen LogP contribution in [0.2, 0.25) is 0 Å². The second-order valence-electron chi connectivity index (χ2n) is 7.40. The molecule has 4 nitrogen and oxygen atoms in total. The predicted molar refractivity (Wildman–Crippen MR) is 109 cm³/mol. The molecule has 0 heterocycles. The average molecular weight is 368 g/mol. The van der Waals surface area contributed by atoms with E-state index in [4.69, 9.17) is 0 Å². The van der Waals surface area contributed by atoms with Crippen LogP contribution in [-0.2, 0) is 9.59 Å². The van der Waals surface area contributed by atoms with E-state index in [1.165, 1.54) is 44.9 Å². The topological polar surface area (TPSA) is 66.4 Å². The number of unbranched alkanes of at least 4 members (excludes halogenated alkanes) is 9. The zero-order valence-corrected chi connectivity index (χ0v) is 17.3. The number of aliphatic carboxylic acids is 1. The maximum Gasteiger partial charge on any atom is 0.326 e. The molecule has 4 heteroatoms. The van der Waals surface area contributed by atoms with E-state index >= 15 is 0 Å². The van der Waals surface area contributed by atoms with Gasteiger partial charge in [0.25, 0.3) is 0 Å².